The Labute approximate surface area is 81.5 Å². The van der Waals surface area contributed by atoms with Crippen molar-refractivity contribution in [3.63, 3.8) is 0 Å². The molecule has 1 amide bonds. The lowest BCUT2D eigenvalue weighted by Gasteiger charge is -2.35. The molecule has 0 atom stereocenters. The van der Waals surface area contributed by atoms with Crippen molar-refractivity contribution in [2.75, 3.05) is 13.1 Å². The average molecular weight is 267 g/mol. The fraction of sp³-hybridized carbons (Fsp3) is 0.875. The molecule has 0 N–H and O–H groups in total. The van der Waals surface area contributed by atoms with Gasteiger partial charge in [-0.3, -0.25) is 4.79 Å². The molecule has 0 spiro atoms. The summed E-state index contributed by atoms with van der Waals surface area (Å²) in [4.78, 5) is 12.9. The highest BCUT2D eigenvalue weighted by Gasteiger charge is 2.27. The number of hydrogen-bond acceptors (Lipinski definition) is 1. The molecule has 0 aromatic heterocycles. The molecule has 1 aliphatic heterocycles. The molecule has 1 saturated heterocycles. The summed E-state index contributed by atoms with van der Waals surface area (Å²) in [5.74, 6) is 0.219. The first-order chi connectivity index (χ1) is 5.01. The SMILES string of the molecule is CC(=O)N1CCC(C)(I)CC1. The molecule has 0 unspecified atom stereocenters. The fourth-order valence-corrected chi connectivity index (χ4v) is 1.77. The highest BCUT2D eigenvalue weighted by Crippen LogP contribution is 2.30. The van der Waals surface area contributed by atoms with E-state index >= 15 is 0 Å². The van der Waals surface area contributed by atoms with Crippen molar-refractivity contribution in [1.82, 2.24) is 4.90 Å². The number of amides is 1. The van der Waals surface area contributed by atoms with Gasteiger partial charge in [-0.15, -0.1) is 0 Å². The number of carbonyl (C=O) groups is 1. The molecular weight excluding hydrogens is 253 g/mol. The van der Waals surface area contributed by atoms with E-state index in [0.29, 0.717) is 3.42 Å². The van der Waals surface area contributed by atoms with Crippen molar-refractivity contribution in [2.24, 2.45) is 0 Å². The van der Waals surface area contributed by atoms with Crippen LogP contribution in [0.2, 0.25) is 0 Å². The first kappa shape index (κ1) is 9.29. The Morgan fingerprint density at radius 3 is 2.27 bits per heavy atom. The molecule has 0 bridgehead atoms. The monoisotopic (exact) mass is 267 g/mol. The minimum atomic E-state index is 0.219. The van der Waals surface area contributed by atoms with Crippen molar-refractivity contribution >= 4 is 28.5 Å². The molecule has 0 radical (unpaired) electrons. The van der Waals surface area contributed by atoms with E-state index in [0.717, 1.165) is 25.9 Å². The summed E-state index contributed by atoms with van der Waals surface area (Å²) in [6.07, 6.45) is 2.26. The number of carbonyl (C=O) groups excluding carboxylic acids is 1. The van der Waals surface area contributed by atoms with Gasteiger partial charge in [0.15, 0.2) is 0 Å². The van der Waals surface area contributed by atoms with Gasteiger partial charge in [-0.1, -0.05) is 29.5 Å². The van der Waals surface area contributed by atoms with Crippen LogP contribution in [-0.4, -0.2) is 27.3 Å². The normalized spacial score (nSPS) is 23.4. The number of piperidine rings is 1. The number of likely N-dealkylation sites (tertiary alicyclic amines) is 1. The Kier molecular flexibility index (Phi) is 2.78. The van der Waals surface area contributed by atoms with E-state index in [9.17, 15) is 4.79 Å². The lowest BCUT2D eigenvalue weighted by molar-refractivity contribution is -0.129. The predicted octanol–water partition coefficient (Wildman–Crippen LogP) is 1.82. The Morgan fingerprint density at radius 1 is 1.45 bits per heavy atom. The summed E-state index contributed by atoms with van der Waals surface area (Å²) in [7, 11) is 0. The van der Waals surface area contributed by atoms with Crippen molar-refractivity contribution in [3.8, 4) is 0 Å². The van der Waals surface area contributed by atoms with Crippen LogP contribution < -0.4 is 0 Å². The minimum absolute atomic E-state index is 0.219. The summed E-state index contributed by atoms with van der Waals surface area (Å²) in [6.45, 7) is 5.78. The number of halogens is 1. The zero-order chi connectivity index (χ0) is 8.48. The van der Waals surface area contributed by atoms with Gasteiger partial charge in [0.1, 0.15) is 0 Å². The molecule has 0 aromatic rings. The molecule has 1 heterocycles. The lowest BCUT2D eigenvalue weighted by atomic mass is 9.99. The number of alkyl halides is 1. The van der Waals surface area contributed by atoms with Gasteiger partial charge >= 0.3 is 0 Å². The Hall–Kier alpha value is 0.200. The van der Waals surface area contributed by atoms with E-state index in [1.807, 2.05) is 4.90 Å². The molecule has 64 valence electrons. The molecule has 1 aliphatic rings. The second-order valence-corrected chi connectivity index (χ2v) is 6.02. The summed E-state index contributed by atoms with van der Waals surface area (Å²) in [6, 6.07) is 0. The van der Waals surface area contributed by atoms with Crippen LogP contribution in [0.1, 0.15) is 26.7 Å². The van der Waals surface area contributed by atoms with Gasteiger partial charge in [0.05, 0.1) is 0 Å². The van der Waals surface area contributed by atoms with Crippen LogP contribution in [-0.2, 0) is 4.79 Å². The highest BCUT2D eigenvalue weighted by atomic mass is 127. The van der Waals surface area contributed by atoms with E-state index in [-0.39, 0.29) is 5.91 Å². The average Bonchev–Trinajstić information content (AvgIpc) is 1.86. The molecule has 1 rings (SSSR count). The summed E-state index contributed by atoms with van der Waals surface area (Å²) in [5.41, 5.74) is 0. The van der Waals surface area contributed by atoms with Crippen molar-refractivity contribution in [1.29, 1.82) is 0 Å². The van der Waals surface area contributed by atoms with Gasteiger partial charge in [0, 0.05) is 23.4 Å². The quantitative estimate of drug-likeness (QED) is 0.484. The van der Waals surface area contributed by atoms with Gasteiger partial charge in [0.2, 0.25) is 5.91 Å². The van der Waals surface area contributed by atoms with Gasteiger partial charge in [-0.05, 0) is 12.8 Å². The molecule has 0 aliphatic carbocycles. The van der Waals surface area contributed by atoms with Gasteiger partial charge < -0.3 is 4.90 Å². The summed E-state index contributed by atoms with van der Waals surface area (Å²) in [5, 5.41) is 0. The maximum absolute atomic E-state index is 10.9. The third-order valence-corrected chi connectivity index (χ3v) is 3.33. The van der Waals surface area contributed by atoms with Crippen LogP contribution in [0, 0.1) is 0 Å². The van der Waals surface area contributed by atoms with Crippen LogP contribution >= 0.6 is 22.6 Å². The van der Waals surface area contributed by atoms with Crippen LogP contribution in [0.5, 0.6) is 0 Å². The Balaban J connectivity index is 2.42. The first-order valence-electron chi connectivity index (χ1n) is 3.96. The van der Waals surface area contributed by atoms with Crippen molar-refractivity contribution < 1.29 is 4.79 Å². The Bertz CT molecular complexity index is 157. The van der Waals surface area contributed by atoms with E-state index in [2.05, 4.69) is 29.5 Å². The number of nitrogens with zero attached hydrogens (tertiary/aromatic N) is 1. The van der Waals surface area contributed by atoms with E-state index in [1.165, 1.54) is 0 Å². The van der Waals surface area contributed by atoms with Crippen molar-refractivity contribution in [2.45, 2.75) is 30.1 Å². The first-order valence-corrected chi connectivity index (χ1v) is 5.04. The van der Waals surface area contributed by atoms with E-state index < -0.39 is 0 Å². The fourth-order valence-electron chi connectivity index (χ4n) is 1.29. The lowest BCUT2D eigenvalue weighted by Crippen LogP contribution is -2.41. The van der Waals surface area contributed by atoms with Crippen LogP contribution in [0.4, 0.5) is 0 Å². The Morgan fingerprint density at radius 2 is 1.91 bits per heavy atom. The third-order valence-electron chi connectivity index (χ3n) is 2.25. The molecule has 11 heavy (non-hydrogen) atoms. The molecule has 1 fully saturated rings. The molecule has 0 saturated carbocycles. The molecule has 0 aromatic carbocycles. The second kappa shape index (κ2) is 3.29. The minimum Gasteiger partial charge on any atom is -0.343 e. The number of hydrogen-bond donors (Lipinski definition) is 0. The maximum Gasteiger partial charge on any atom is 0.219 e. The molecule has 2 nitrogen and oxygen atoms in total. The summed E-state index contributed by atoms with van der Waals surface area (Å²) >= 11 is 2.49. The van der Waals surface area contributed by atoms with Crippen LogP contribution in [0.15, 0.2) is 0 Å². The van der Waals surface area contributed by atoms with Gasteiger partial charge in [-0.25, -0.2) is 0 Å². The molecule has 3 heteroatoms. The third kappa shape index (κ3) is 2.61. The smallest absolute Gasteiger partial charge is 0.219 e. The largest absolute Gasteiger partial charge is 0.343 e. The van der Waals surface area contributed by atoms with Crippen molar-refractivity contribution in [3.05, 3.63) is 0 Å². The van der Waals surface area contributed by atoms with Gasteiger partial charge in [0.25, 0.3) is 0 Å². The maximum atomic E-state index is 10.9. The second-order valence-electron chi connectivity index (χ2n) is 3.42. The van der Waals surface area contributed by atoms with Crippen LogP contribution in [0.3, 0.4) is 0 Å². The zero-order valence-corrected chi connectivity index (χ0v) is 9.22. The standard InChI is InChI=1S/C8H14INO/c1-7(11)10-5-3-8(2,9)4-6-10/h3-6H2,1-2H3. The predicted molar refractivity (Wildman–Crippen MR) is 53.9 cm³/mol. The number of rotatable bonds is 0. The van der Waals surface area contributed by atoms with Gasteiger partial charge in [-0.2, -0.15) is 0 Å². The molecular formula is C8H14INO. The van der Waals surface area contributed by atoms with E-state index in [4.69, 9.17) is 0 Å². The van der Waals surface area contributed by atoms with Crippen LogP contribution in [0.25, 0.3) is 0 Å². The topological polar surface area (TPSA) is 20.3 Å². The highest BCUT2D eigenvalue weighted by molar-refractivity contribution is 14.1. The zero-order valence-electron chi connectivity index (χ0n) is 7.06. The van der Waals surface area contributed by atoms with E-state index in [1.54, 1.807) is 6.92 Å². The summed E-state index contributed by atoms with van der Waals surface area (Å²) < 4.78 is 0.420.